The Morgan fingerprint density at radius 2 is 1.90 bits per heavy atom. The van der Waals surface area contributed by atoms with Crippen molar-refractivity contribution in [3.63, 3.8) is 0 Å². The summed E-state index contributed by atoms with van der Waals surface area (Å²) in [5.74, 6) is 0.214. The summed E-state index contributed by atoms with van der Waals surface area (Å²) in [4.78, 5) is 0. The van der Waals surface area contributed by atoms with Crippen molar-refractivity contribution in [1.82, 2.24) is 5.32 Å². The Hall–Kier alpha value is -1.22. The van der Waals surface area contributed by atoms with E-state index in [9.17, 15) is 5.11 Å². The number of hydrogen-bond donors (Lipinski definition) is 2. The maximum atomic E-state index is 9.85. The molecule has 0 aliphatic rings. The number of rotatable bonds is 5. The van der Waals surface area contributed by atoms with Crippen LogP contribution in [0.15, 0.2) is 42.5 Å². The monoisotopic (exact) mass is 309 g/mol. The van der Waals surface area contributed by atoms with Crippen molar-refractivity contribution < 1.29 is 5.11 Å². The third-order valence-corrected chi connectivity index (χ3v) is 3.87. The first-order valence-corrected chi connectivity index (χ1v) is 7.32. The predicted octanol–water partition coefficient (Wildman–Crippen LogP) is 4.94. The Labute approximate surface area is 129 Å². The van der Waals surface area contributed by atoms with Crippen molar-refractivity contribution >= 4 is 23.2 Å². The number of nitrogens with one attached hydrogen (secondary N) is 1. The minimum absolute atomic E-state index is 0.171. The Kier molecular flexibility index (Phi) is 5.30. The van der Waals surface area contributed by atoms with Crippen LogP contribution in [0.5, 0.6) is 5.75 Å². The van der Waals surface area contributed by atoms with Gasteiger partial charge in [-0.3, -0.25) is 0 Å². The predicted molar refractivity (Wildman–Crippen MR) is 84.4 cm³/mol. The minimum Gasteiger partial charge on any atom is -0.508 e. The van der Waals surface area contributed by atoms with Gasteiger partial charge in [0, 0.05) is 28.2 Å². The lowest BCUT2D eigenvalue weighted by Crippen LogP contribution is -2.20. The molecule has 0 radical (unpaired) electrons. The van der Waals surface area contributed by atoms with Crippen LogP contribution in [-0.2, 0) is 6.54 Å². The number of aromatic hydroxyl groups is 1. The van der Waals surface area contributed by atoms with E-state index in [0.717, 1.165) is 22.6 Å². The zero-order valence-electron chi connectivity index (χ0n) is 11.2. The van der Waals surface area contributed by atoms with Crippen molar-refractivity contribution in [2.45, 2.75) is 25.9 Å². The second-order valence-corrected chi connectivity index (χ2v) is 5.48. The summed E-state index contributed by atoms with van der Waals surface area (Å²) in [7, 11) is 0. The fourth-order valence-corrected chi connectivity index (χ4v) is 2.60. The van der Waals surface area contributed by atoms with E-state index in [1.807, 2.05) is 24.3 Å². The number of halogens is 2. The molecule has 2 aromatic rings. The SMILES string of the molecule is CCC(NCc1c(O)cccc1Cl)c1cccc(Cl)c1. The second-order valence-electron chi connectivity index (χ2n) is 4.63. The molecular weight excluding hydrogens is 293 g/mol. The molecule has 0 aliphatic carbocycles. The largest absolute Gasteiger partial charge is 0.508 e. The standard InChI is InChI=1S/C16H17Cl2NO/c1-2-15(11-5-3-6-12(17)9-11)19-10-13-14(18)7-4-8-16(13)20/h3-9,15,19-20H,2,10H2,1H3. The first-order chi connectivity index (χ1) is 9.61. The van der Waals surface area contributed by atoms with Gasteiger partial charge in [-0.05, 0) is 36.2 Å². The zero-order valence-corrected chi connectivity index (χ0v) is 12.7. The summed E-state index contributed by atoms with van der Waals surface area (Å²) in [6.07, 6.45) is 0.922. The molecule has 2 aromatic carbocycles. The van der Waals surface area contributed by atoms with Gasteiger partial charge in [0.05, 0.1) is 0 Å². The fraction of sp³-hybridized carbons (Fsp3) is 0.250. The van der Waals surface area contributed by atoms with E-state index in [-0.39, 0.29) is 11.8 Å². The van der Waals surface area contributed by atoms with Crippen LogP contribution in [0.4, 0.5) is 0 Å². The van der Waals surface area contributed by atoms with Gasteiger partial charge in [0.1, 0.15) is 5.75 Å². The third kappa shape index (κ3) is 3.66. The molecule has 1 atom stereocenters. The number of hydrogen-bond acceptors (Lipinski definition) is 2. The summed E-state index contributed by atoms with van der Waals surface area (Å²) in [6.45, 7) is 2.61. The van der Waals surface area contributed by atoms with Crippen molar-refractivity contribution in [3.05, 3.63) is 63.6 Å². The summed E-state index contributed by atoms with van der Waals surface area (Å²) >= 11 is 12.1. The Balaban J connectivity index is 2.12. The Morgan fingerprint density at radius 3 is 2.55 bits per heavy atom. The van der Waals surface area contributed by atoms with Gasteiger partial charge < -0.3 is 10.4 Å². The van der Waals surface area contributed by atoms with Gasteiger partial charge in [-0.1, -0.05) is 48.3 Å². The van der Waals surface area contributed by atoms with Gasteiger partial charge >= 0.3 is 0 Å². The van der Waals surface area contributed by atoms with Crippen molar-refractivity contribution in [2.75, 3.05) is 0 Å². The molecule has 0 amide bonds. The van der Waals surface area contributed by atoms with Gasteiger partial charge in [0.25, 0.3) is 0 Å². The van der Waals surface area contributed by atoms with Gasteiger partial charge in [-0.25, -0.2) is 0 Å². The van der Waals surface area contributed by atoms with E-state index in [2.05, 4.69) is 12.2 Å². The van der Waals surface area contributed by atoms with Crippen molar-refractivity contribution in [1.29, 1.82) is 0 Å². The fourth-order valence-electron chi connectivity index (χ4n) is 2.17. The molecule has 0 fully saturated rings. The highest BCUT2D eigenvalue weighted by Gasteiger charge is 2.12. The van der Waals surface area contributed by atoms with Gasteiger partial charge in [-0.15, -0.1) is 0 Å². The molecule has 0 bridgehead atoms. The van der Waals surface area contributed by atoms with Crippen LogP contribution >= 0.6 is 23.2 Å². The van der Waals surface area contributed by atoms with Crippen LogP contribution in [0.1, 0.15) is 30.5 Å². The van der Waals surface area contributed by atoms with Crippen LogP contribution in [0, 0.1) is 0 Å². The quantitative estimate of drug-likeness (QED) is 0.820. The molecule has 20 heavy (non-hydrogen) atoms. The maximum Gasteiger partial charge on any atom is 0.121 e. The molecule has 106 valence electrons. The molecule has 2 rings (SSSR count). The first kappa shape index (κ1) is 15.2. The Bertz CT molecular complexity index is 566. The van der Waals surface area contributed by atoms with Gasteiger partial charge in [0.2, 0.25) is 0 Å². The van der Waals surface area contributed by atoms with Crippen LogP contribution in [0.2, 0.25) is 10.0 Å². The summed E-state index contributed by atoms with van der Waals surface area (Å²) < 4.78 is 0. The normalized spacial score (nSPS) is 12.3. The van der Waals surface area contributed by atoms with Crippen LogP contribution < -0.4 is 5.32 Å². The summed E-state index contributed by atoms with van der Waals surface area (Å²) in [5.41, 5.74) is 1.85. The number of phenols is 1. The average Bonchev–Trinajstić information content (AvgIpc) is 2.42. The van der Waals surface area contributed by atoms with Crippen molar-refractivity contribution in [2.24, 2.45) is 0 Å². The molecule has 0 aliphatic heterocycles. The van der Waals surface area contributed by atoms with E-state index in [4.69, 9.17) is 23.2 Å². The van der Waals surface area contributed by atoms with E-state index in [1.54, 1.807) is 18.2 Å². The highest BCUT2D eigenvalue weighted by Crippen LogP contribution is 2.27. The molecule has 2 N–H and O–H groups in total. The van der Waals surface area contributed by atoms with Gasteiger partial charge in [-0.2, -0.15) is 0 Å². The van der Waals surface area contributed by atoms with Crippen LogP contribution in [-0.4, -0.2) is 5.11 Å². The topological polar surface area (TPSA) is 32.3 Å². The zero-order chi connectivity index (χ0) is 14.5. The van der Waals surface area contributed by atoms with E-state index < -0.39 is 0 Å². The molecule has 0 heterocycles. The molecule has 4 heteroatoms. The van der Waals surface area contributed by atoms with Crippen LogP contribution in [0.3, 0.4) is 0 Å². The third-order valence-electron chi connectivity index (χ3n) is 3.28. The minimum atomic E-state index is 0.171. The lowest BCUT2D eigenvalue weighted by molar-refractivity contribution is 0.455. The molecule has 1 unspecified atom stereocenters. The molecule has 0 aromatic heterocycles. The van der Waals surface area contributed by atoms with Crippen molar-refractivity contribution in [3.8, 4) is 5.75 Å². The van der Waals surface area contributed by atoms with E-state index in [0.29, 0.717) is 11.6 Å². The molecular formula is C16H17Cl2NO. The van der Waals surface area contributed by atoms with Crippen LogP contribution in [0.25, 0.3) is 0 Å². The average molecular weight is 310 g/mol. The first-order valence-electron chi connectivity index (χ1n) is 6.57. The smallest absolute Gasteiger partial charge is 0.121 e. The number of benzene rings is 2. The molecule has 2 nitrogen and oxygen atoms in total. The maximum absolute atomic E-state index is 9.85. The molecule has 0 saturated carbocycles. The lowest BCUT2D eigenvalue weighted by atomic mass is 10.0. The molecule has 0 saturated heterocycles. The highest BCUT2D eigenvalue weighted by molar-refractivity contribution is 6.31. The van der Waals surface area contributed by atoms with Gasteiger partial charge in [0.15, 0.2) is 0 Å². The Morgan fingerprint density at radius 1 is 1.15 bits per heavy atom. The highest BCUT2D eigenvalue weighted by atomic mass is 35.5. The lowest BCUT2D eigenvalue weighted by Gasteiger charge is -2.18. The molecule has 0 spiro atoms. The number of phenolic OH excluding ortho intramolecular Hbond substituents is 1. The van der Waals surface area contributed by atoms with E-state index in [1.165, 1.54) is 0 Å². The van der Waals surface area contributed by atoms with E-state index >= 15 is 0 Å². The summed E-state index contributed by atoms with van der Waals surface area (Å²) in [6, 6.07) is 13.1. The summed E-state index contributed by atoms with van der Waals surface area (Å²) in [5, 5.41) is 14.5. The second kappa shape index (κ2) is 6.98.